The first-order chi connectivity index (χ1) is 16.9. The fraction of sp³-hybridized carbons (Fsp3) is 0.320. The second-order valence-corrected chi connectivity index (χ2v) is 9.09. The number of hydrogen-bond acceptors (Lipinski definition) is 8. The lowest BCUT2D eigenvalue weighted by Gasteiger charge is -2.50. The smallest absolute Gasteiger partial charge is 0.355 e. The maximum absolute atomic E-state index is 13.0. The third-order valence-corrected chi connectivity index (χ3v) is 7.20. The maximum Gasteiger partial charge on any atom is 0.355 e. The minimum absolute atomic E-state index is 0.0358. The molecule has 10 heteroatoms. The molecule has 0 aliphatic carbocycles. The molecule has 35 heavy (non-hydrogen) atoms. The van der Waals surface area contributed by atoms with E-state index in [1.54, 1.807) is 62.6 Å². The van der Waals surface area contributed by atoms with Gasteiger partial charge in [0.05, 0.1) is 7.11 Å². The Bertz CT molecular complexity index is 1120. The molecule has 9 nitrogen and oxygen atoms in total. The number of nitrogens with zero attached hydrogens (tertiary/aromatic N) is 1. The Kier molecular flexibility index (Phi) is 7.62. The SMILES string of the molecule is COc1ccc(COC(=O)C2=C(C)[C@@H](OC)S[C@@H]3[C@@H](NC(=O)COc4ccccc4)C(=O)N23)cc1. The quantitative estimate of drug-likeness (QED) is 0.416. The van der Waals surface area contributed by atoms with Crippen LogP contribution >= 0.6 is 11.8 Å². The number of esters is 1. The van der Waals surface area contributed by atoms with Gasteiger partial charge < -0.3 is 24.3 Å². The molecular weight excluding hydrogens is 472 g/mol. The van der Waals surface area contributed by atoms with Gasteiger partial charge in [-0.1, -0.05) is 42.1 Å². The lowest BCUT2D eigenvalue weighted by atomic mass is 10.0. The van der Waals surface area contributed by atoms with E-state index in [4.69, 9.17) is 18.9 Å². The molecule has 0 spiro atoms. The minimum Gasteiger partial charge on any atom is -0.497 e. The van der Waals surface area contributed by atoms with Crippen molar-refractivity contribution in [2.45, 2.75) is 30.4 Å². The van der Waals surface area contributed by atoms with Crippen LogP contribution in [-0.2, 0) is 30.5 Å². The van der Waals surface area contributed by atoms with Gasteiger partial charge in [-0.2, -0.15) is 0 Å². The van der Waals surface area contributed by atoms with Crippen molar-refractivity contribution in [3.63, 3.8) is 0 Å². The van der Waals surface area contributed by atoms with Crippen LogP contribution < -0.4 is 14.8 Å². The highest BCUT2D eigenvalue weighted by atomic mass is 32.2. The Morgan fingerprint density at radius 1 is 1.03 bits per heavy atom. The lowest BCUT2D eigenvalue weighted by molar-refractivity contribution is -0.154. The summed E-state index contributed by atoms with van der Waals surface area (Å²) in [5.74, 6) is -0.202. The number of ether oxygens (including phenoxy) is 4. The van der Waals surface area contributed by atoms with E-state index in [9.17, 15) is 14.4 Å². The maximum atomic E-state index is 13.0. The number of carbonyl (C=O) groups is 3. The van der Waals surface area contributed by atoms with E-state index in [1.807, 2.05) is 6.07 Å². The number of hydrogen-bond donors (Lipinski definition) is 1. The van der Waals surface area contributed by atoms with E-state index in [1.165, 1.54) is 23.8 Å². The van der Waals surface area contributed by atoms with Crippen LogP contribution in [0.1, 0.15) is 12.5 Å². The molecule has 184 valence electrons. The Morgan fingerprint density at radius 3 is 2.40 bits per heavy atom. The Labute approximate surface area is 207 Å². The van der Waals surface area contributed by atoms with Gasteiger partial charge in [0.15, 0.2) is 6.61 Å². The fourth-order valence-corrected chi connectivity index (χ4v) is 5.17. The topological polar surface area (TPSA) is 103 Å². The van der Waals surface area contributed by atoms with Crippen LogP contribution in [0.25, 0.3) is 0 Å². The van der Waals surface area contributed by atoms with Gasteiger partial charge in [0, 0.05) is 7.11 Å². The van der Waals surface area contributed by atoms with Crippen LogP contribution in [0, 0.1) is 0 Å². The summed E-state index contributed by atoms with van der Waals surface area (Å²) in [7, 11) is 3.10. The summed E-state index contributed by atoms with van der Waals surface area (Å²) in [5, 5.41) is 2.21. The predicted molar refractivity (Wildman–Crippen MR) is 128 cm³/mol. The molecule has 2 aromatic carbocycles. The van der Waals surface area contributed by atoms with E-state index in [0.717, 1.165) is 5.56 Å². The largest absolute Gasteiger partial charge is 0.497 e. The summed E-state index contributed by atoms with van der Waals surface area (Å²) >= 11 is 1.35. The van der Waals surface area contributed by atoms with Crippen molar-refractivity contribution in [2.75, 3.05) is 20.8 Å². The first kappa shape index (κ1) is 24.6. The third-order valence-electron chi connectivity index (χ3n) is 5.64. The zero-order valence-corrected chi connectivity index (χ0v) is 20.4. The highest BCUT2D eigenvalue weighted by Crippen LogP contribution is 2.44. The van der Waals surface area contributed by atoms with Crippen LogP contribution in [0.5, 0.6) is 11.5 Å². The van der Waals surface area contributed by atoms with Gasteiger partial charge in [0.1, 0.15) is 40.7 Å². The standard InChI is InChI=1S/C25H26N2O7S/c1-15-21(24(30)34-13-16-9-11-17(31-2)12-10-16)27-22(29)20(23(27)35-25(15)32-3)26-19(28)14-33-18-7-5-4-6-8-18/h4-12,20,23,25H,13-14H2,1-3H3,(H,26,28)/t20-,23+,25-/m0/s1. The average molecular weight is 499 g/mol. The van der Waals surface area contributed by atoms with Gasteiger partial charge in [0.25, 0.3) is 11.8 Å². The Hall–Kier alpha value is -3.50. The van der Waals surface area contributed by atoms with Crippen molar-refractivity contribution < 1.29 is 33.3 Å². The average Bonchev–Trinajstić information content (AvgIpc) is 2.89. The van der Waals surface area contributed by atoms with Crippen molar-refractivity contribution in [3.8, 4) is 11.5 Å². The molecule has 0 radical (unpaired) electrons. The van der Waals surface area contributed by atoms with Crippen molar-refractivity contribution in [2.24, 2.45) is 0 Å². The molecule has 2 aromatic rings. The van der Waals surface area contributed by atoms with Gasteiger partial charge in [-0.05, 0) is 42.3 Å². The summed E-state index contributed by atoms with van der Waals surface area (Å²) in [6.45, 7) is 1.53. The number of para-hydroxylation sites is 1. The van der Waals surface area contributed by atoms with Crippen LogP contribution in [0.4, 0.5) is 0 Å². The highest BCUT2D eigenvalue weighted by molar-refractivity contribution is 8.00. The normalized spacial score (nSPS) is 21.1. The zero-order valence-electron chi connectivity index (χ0n) is 19.6. The third kappa shape index (κ3) is 5.28. The molecule has 0 aromatic heterocycles. The number of benzene rings is 2. The van der Waals surface area contributed by atoms with Crippen molar-refractivity contribution >= 4 is 29.5 Å². The molecule has 1 saturated heterocycles. The first-order valence-corrected chi connectivity index (χ1v) is 11.9. The Morgan fingerprint density at radius 2 is 1.74 bits per heavy atom. The number of β-lactam (4-membered cyclic amide) rings is 1. The number of fused-ring (bicyclic) bond motifs is 1. The molecule has 4 rings (SSSR count). The first-order valence-electron chi connectivity index (χ1n) is 10.9. The summed E-state index contributed by atoms with van der Waals surface area (Å²) in [6.07, 6.45) is 0. The van der Waals surface area contributed by atoms with Crippen molar-refractivity contribution in [3.05, 3.63) is 71.4 Å². The second kappa shape index (κ2) is 10.8. The van der Waals surface area contributed by atoms with E-state index in [0.29, 0.717) is 17.1 Å². The molecular formula is C25H26N2O7S. The van der Waals surface area contributed by atoms with E-state index in [2.05, 4.69) is 5.32 Å². The van der Waals surface area contributed by atoms with E-state index >= 15 is 0 Å². The number of carbonyl (C=O) groups excluding carboxylic acids is 3. The monoisotopic (exact) mass is 498 g/mol. The van der Waals surface area contributed by atoms with Gasteiger partial charge in [-0.25, -0.2) is 4.79 Å². The zero-order chi connectivity index (χ0) is 24.9. The summed E-state index contributed by atoms with van der Waals surface area (Å²) in [6, 6.07) is 15.2. The molecule has 1 fully saturated rings. The molecule has 0 saturated carbocycles. The van der Waals surface area contributed by atoms with Gasteiger partial charge >= 0.3 is 5.97 Å². The number of thioether (sulfide) groups is 1. The molecule has 2 heterocycles. The van der Waals surface area contributed by atoms with Crippen molar-refractivity contribution in [1.29, 1.82) is 0 Å². The molecule has 3 atom stereocenters. The molecule has 2 amide bonds. The van der Waals surface area contributed by atoms with Crippen LogP contribution in [0.2, 0.25) is 0 Å². The van der Waals surface area contributed by atoms with Gasteiger partial charge in [0.2, 0.25) is 0 Å². The summed E-state index contributed by atoms with van der Waals surface area (Å²) in [5.41, 5.74) is 1.04. The second-order valence-electron chi connectivity index (χ2n) is 7.91. The van der Waals surface area contributed by atoms with E-state index < -0.39 is 28.7 Å². The number of nitrogens with one attached hydrogen (secondary N) is 1. The minimum atomic E-state index is -0.804. The van der Waals surface area contributed by atoms with Crippen LogP contribution in [0.15, 0.2) is 65.9 Å². The molecule has 1 N–H and O–H groups in total. The summed E-state index contributed by atoms with van der Waals surface area (Å²) < 4.78 is 21.6. The molecule has 0 unspecified atom stereocenters. The molecule has 0 bridgehead atoms. The van der Waals surface area contributed by atoms with E-state index in [-0.39, 0.29) is 24.8 Å². The fourth-order valence-electron chi connectivity index (χ4n) is 3.82. The lowest BCUT2D eigenvalue weighted by Crippen LogP contribution is -2.71. The molecule has 2 aliphatic rings. The number of amides is 2. The van der Waals surface area contributed by atoms with Gasteiger partial charge in [-0.3, -0.25) is 14.5 Å². The van der Waals surface area contributed by atoms with Gasteiger partial charge in [-0.15, -0.1) is 0 Å². The Balaban J connectivity index is 1.40. The molecule has 2 aliphatic heterocycles. The highest BCUT2D eigenvalue weighted by Gasteiger charge is 2.56. The van der Waals surface area contributed by atoms with Crippen LogP contribution in [-0.4, -0.2) is 60.4 Å². The van der Waals surface area contributed by atoms with Crippen LogP contribution in [0.3, 0.4) is 0 Å². The number of methoxy groups -OCH3 is 2. The predicted octanol–water partition coefficient (Wildman–Crippen LogP) is 2.46. The summed E-state index contributed by atoms with van der Waals surface area (Å²) in [4.78, 5) is 39.8. The van der Waals surface area contributed by atoms with Crippen molar-refractivity contribution in [1.82, 2.24) is 10.2 Å². The number of rotatable bonds is 9.